The zero-order valence-electron chi connectivity index (χ0n) is 10.7. The second-order valence-electron chi connectivity index (χ2n) is 5.32. The summed E-state index contributed by atoms with van der Waals surface area (Å²) in [7, 11) is 0. The van der Waals surface area contributed by atoms with E-state index in [9.17, 15) is 4.39 Å². The van der Waals surface area contributed by atoms with E-state index in [-0.39, 0.29) is 17.3 Å². The molecule has 2 rings (SSSR count). The Labute approximate surface area is 112 Å². The third kappa shape index (κ3) is 2.78. The Hall–Kier alpha value is -1.21. The van der Waals surface area contributed by atoms with Gasteiger partial charge >= 0.3 is 0 Å². The van der Waals surface area contributed by atoms with E-state index in [4.69, 9.17) is 5.26 Å². The Balaban J connectivity index is 2.16. The van der Waals surface area contributed by atoms with E-state index in [1.807, 2.05) is 17.8 Å². The van der Waals surface area contributed by atoms with Gasteiger partial charge < -0.3 is 5.32 Å². The predicted molar refractivity (Wildman–Crippen MR) is 74.2 cm³/mol. The number of thioether (sulfide) groups is 1. The largest absolute Gasteiger partial charge is 0.379 e. The van der Waals surface area contributed by atoms with Crippen LogP contribution in [0.15, 0.2) is 18.2 Å². The van der Waals surface area contributed by atoms with E-state index in [0.717, 1.165) is 12.2 Å². The van der Waals surface area contributed by atoms with Gasteiger partial charge in [0.05, 0.1) is 17.3 Å². The van der Waals surface area contributed by atoms with Crippen LogP contribution in [0.5, 0.6) is 0 Å². The molecule has 1 aromatic rings. The number of nitrogens with zero attached hydrogens (tertiary/aromatic N) is 1. The quantitative estimate of drug-likeness (QED) is 0.885. The highest BCUT2D eigenvalue weighted by Gasteiger charge is 2.32. The number of halogens is 1. The molecular weight excluding hydrogens is 247 g/mol. The van der Waals surface area contributed by atoms with Crippen LogP contribution in [-0.4, -0.2) is 17.5 Å². The first-order chi connectivity index (χ1) is 8.53. The van der Waals surface area contributed by atoms with Gasteiger partial charge in [-0.15, -0.1) is 0 Å². The monoisotopic (exact) mass is 264 g/mol. The number of benzene rings is 1. The van der Waals surface area contributed by atoms with Gasteiger partial charge in [-0.05, 0) is 35.8 Å². The van der Waals surface area contributed by atoms with Gasteiger partial charge in [-0.3, -0.25) is 0 Å². The molecule has 1 unspecified atom stereocenters. The second kappa shape index (κ2) is 5.19. The molecule has 1 aromatic carbocycles. The summed E-state index contributed by atoms with van der Waals surface area (Å²) in [6.07, 6.45) is 1.13. The van der Waals surface area contributed by atoms with Crippen molar-refractivity contribution in [2.24, 2.45) is 5.41 Å². The molecule has 0 amide bonds. The highest BCUT2D eigenvalue weighted by Crippen LogP contribution is 2.36. The van der Waals surface area contributed by atoms with Crippen LogP contribution in [0.25, 0.3) is 0 Å². The predicted octanol–water partition coefficient (Wildman–Crippen LogP) is 3.64. The smallest absolute Gasteiger partial charge is 0.147 e. The Morgan fingerprint density at radius 1 is 1.50 bits per heavy atom. The van der Waals surface area contributed by atoms with Crippen LogP contribution in [0.3, 0.4) is 0 Å². The number of nitriles is 1. The van der Waals surface area contributed by atoms with E-state index in [1.54, 1.807) is 12.1 Å². The van der Waals surface area contributed by atoms with Crippen molar-refractivity contribution in [3.05, 3.63) is 29.6 Å². The number of hydrogen-bond acceptors (Lipinski definition) is 3. The molecule has 1 aliphatic heterocycles. The zero-order valence-corrected chi connectivity index (χ0v) is 11.5. The Morgan fingerprint density at radius 2 is 2.28 bits per heavy atom. The van der Waals surface area contributed by atoms with Crippen LogP contribution in [-0.2, 0) is 0 Å². The molecule has 0 radical (unpaired) electrons. The fourth-order valence-corrected chi connectivity index (χ4v) is 3.67. The van der Waals surface area contributed by atoms with E-state index in [1.165, 1.54) is 11.8 Å². The van der Waals surface area contributed by atoms with Crippen molar-refractivity contribution in [3.63, 3.8) is 0 Å². The molecule has 18 heavy (non-hydrogen) atoms. The van der Waals surface area contributed by atoms with Crippen LogP contribution in [0.2, 0.25) is 0 Å². The maximum atomic E-state index is 13.8. The minimum atomic E-state index is -0.347. The topological polar surface area (TPSA) is 35.8 Å². The van der Waals surface area contributed by atoms with Crippen molar-refractivity contribution >= 4 is 17.4 Å². The van der Waals surface area contributed by atoms with Gasteiger partial charge in [-0.2, -0.15) is 17.0 Å². The van der Waals surface area contributed by atoms with Gasteiger partial charge in [0, 0.05) is 11.8 Å². The minimum Gasteiger partial charge on any atom is -0.379 e. The molecule has 0 aromatic heterocycles. The summed E-state index contributed by atoms with van der Waals surface area (Å²) < 4.78 is 13.8. The molecule has 1 fully saturated rings. The molecule has 0 bridgehead atoms. The van der Waals surface area contributed by atoms with Gasteiger partial charge in [-0.25, -0.2) is 4.39 Å². The summed E-state index contributed by atoms with van der Waals surface area (Å²) in [5.74, 6) is 1.81. The molecule has 1 aliphatic rings. The molecule has 0 saturated carbocycles. The van der Waals surface area contributed by atoms with Crippen LogP contribution in [0, 0.1) is 22.6 Å². The molecule has 1 heterocycles. The van der Waals surface area contributed by atoms with Crippen molar-refractivity contribution in [2.75, 3.05) is 16.8 Å². The molecule has 1 saturated heterocycles. The van der Waals surface area contributed by atoms with Crippen molar-refractivity contribution in [2.45, 2.75) is 26.3 Å². The SMILES string of the molecule is CC1(C)CCSCC1Nc1ccc(C#N)cc1F. The minimum absolute atomic E-state index is 0.172. The molecule has 96 valence electrons. The summed E-state index contributed by atoms with van der Waals surface area (Å²) in [6, 6.07) is 6.79. The Bertz CT molecular complexity index is 479. The standard InChI is InChI=1S/C14H17FN2S/c1-14(2)5-6-18-9-13(14)17-12-4-3-10(8-16)7-11(12)15/h3-4,7,13,17H,5-6,9H2,1-2H3. The van der Waals surface area contributed by atoms with Gasteiger partial charge in [0.15, 0.2) is 0 Å². The lowest BCUT2D eigenvalue weighted by atomic mass is 9.82. The number of anilines is 1. The molecule has 1 N–H and O–H groups in total. The highest BCUT2D eigenvalue weighted by atomic mass is 32.2. The Morgan fingerprint density at radius 3 is 2.89 bits per heavy atom. The number of rotatable bonds is 2. The summed E-state index contributed by atoms with van der Waals surface area (Å²) in [4.78, 5) is 0. The first kappa shape index (κ1) is 13.2. The molecule has 2 nitrogen and oxygen atoms in total. The molecular formula is C14H17FN2S. The summed E-state index contributed by atoms with van der Waals surface area (Å²) in [5.41, 5.74) is 1.02. The zero-order chi connectivity index (χ0) is 13.2. The molecule has 0 spiro atoms. The van der Waals surface area contributed by atoms with E-state index in [2.05, 4.69) is 19.2 Å². The maximum Gasteiger partial charge on any atom is 0.147 e. The molecule has 4 heteroatoms. The first-order valence-electron chi connectivity index (χ1n) is 6.07. The van der Waals surface area contributed by atoms with Crippen molar-refractivity contribution in [3.8, 4) is 6.07 Å². The van der Waals surface area contributed by atoms with Crippen LogP contribution in [0.4, 0.5) is 10.1 Å². The van der Waals surface area contributed by atoms with Gasteiger partial charge in [0.1, 0.15) is 5.82 Å². The lowest BCUT2D eigenvalue weighted by Crippen LogP contribution is -2.41. The normalized spacial score (nSPS) is 22.2. The maximum absolute atomic E-state index is 13.8. The van der Waals surface area contributed by atoms with E-state index < -0.39 is 0 Å². The van der Waals surface area contributed by atoms with Gasteiger partial charge in [0.2, 0.25) is 0 Å². The average molecular weight is 264 g/mol. The van der Waals surface area contributed by atoms with E-state index >= 15 is 0 Å². The Kier molecular flexibility index (Phi) is 3.82. The fraction of sp³-hybridized carbons (Fsp3) is 0.500. The second-order valence-corrected chi connectivity index (χ2v) is 6.47. The van der Waals surface area contributed by atoms with Gasteiger partial charge in [0.25, 0.3) is 0 Å². The number of nitrogens with one attached hydrogen (secondary N) is 1. The summed E-state index contributed by atoms with van der Waals surface area (Å²) >= 11 is 1.90. The van der Waals surface area contributed by atoms with Crippen molar-refractivity contribution < 1.29 is 4.39 Å². The highest BCUT2D eigenvalue weighted by molar-refractivity contribution is 7.99. The molecule has 1 atom stereocenters. The third-order valence-electron chi connectivity index (χ3n) is 3.55. The fourth-order valence-electron chi connectivity index (χ4n) is 2.06. The summed E-state index contributed by atoms with van der Waals surface area (Å²) in [5, 5.41) is 12.0. The van der Waals surface area contributed by atoms with E-state index in [0.29, 0.717) is 11.3 Å². The average Bonchev–Trinajstić information content (AvgIpc) is 2.33. The van der Waals surface area contributed by atoms with Crippen molar-refractivity contribution in [1.29, 1.82) is 5.26 Å². The number of hydrogen-bond donors (Lipinski definition) is 1. The summed E-state index contributed by atoms with van der Waals surface area (Å²) in [6.45, 7) is 4.43. The molecule has 0 aliphatic carbocycles. The van der Waals surface area contributed by atoms with Crippen molar-refractivity contribution in [1.82, 2.24) is 0 Å². The van der Waals surface area contributed by atoms with Gasteiger partial charge in [-0.1, -0.05) is 13.8 Å². The van der Waals surface area contributed by atoms with Crippen LogP contribution < -0.4 is 5.32 Å². The lowest BCUT2D eigenvalue weighted by molar-refractivity contribution is 0.304. The van der Waals surface area contributed by atoms with Crippen LogP contribution in [0.1, 0.15) is 25.8 Å². The third-order valence-corrected chi connectivity index (χ3v) is 4.61. The van der Waals surface area contributed by atoms with Crippen LogP contribution >= 0.6 is 11.8 Å². The first-order valence-corrected chi connectivity index (χ1v) is 7.22. The lowest BCUT2D eigenvalue weighted by Gasteiger charge is -2.39.